The molecule has 138 valence electrons. The summed E-state index contributed by atoms with van der Waals surface area (Å²) in [7, 11) is 0. The van der Waals surface area contributed by atoms with Gasteiger partial charge >= 0.3 is 0 Å². The zero-order chi connectivity index (χ0) is 19.2. The van der Waals surface area contributed by atoms with Crippen molar-refractivity contribution >= 4 is 5.91 Å². The molecule has 4 aromatic rings. The molecule has 0 spiro atoms. The lowest BCUT2D eigenvalue weighted by Gasteiger charge is -2.19. The Hall–Kier alpha value is -3.80. The van der Waals surface area contributed by atoms with Crippen LogP contribution in [0.25, 0.3) is 11.4 Å². The average molecular weight is 369 g/mol. The van der Waals surface area contributed by atoms with Crippen LogP contribution in [0.2, 0.25) is 0 Å². The van der Waals surface area contributed by atoms with Crippen molar-refractivity contribution in [3.05, 3.63) is 102 Å². The van der Waals surface area contributed by atoms with Gasteiger partial charge in [0, 0.05) is 23.6 Å². The predicted molar refractivity (Wildman–Crippen MR) is 107 cm³/mol. The third-order valence-electron chi connectivity index (χ3n) is 4.62. The fourth-order valence-electron chi connectivity index (χ4n) is 3.15. The molecule has 4 rings (SSSR count). The van der Waals surface area contributed by atoms with Crippen LogP contribution in [0.5, 0.6) is 0 Å². The SMILES string of the molecule is O=C(NCC(c1ccccc1)c1ccccc1)c1ccc(-c2nn[nH]n2)cc1. The van der Waals surface area contributed by atoms with Gasteiger partial charge in [0.15, 0.2) is 0 Å². The highest BCUT2D eigenvalue weighted by Gasteiger charge is 2.16. The van der Waals surface area contributed by atoms with Crippen molar-refractivity contribution < 1.29 is 4.79 Å². The van der Waals surface area contributed by atoms with Gasteiger partial charge in [0.2, 0.25) is 5.82 Å². The van der Waals surface area contributed by atoms with Gasteiger partial charge in [-0.15, -0.1) is 10.2 Å². The molecule has 6 heteroatoms. The molecular weight excluding hydrogens is 350 g/mol. The quantitative estimate of drug-likeness (QED) is 0.545. The Labute approximate surface area is 162 Å². The summed E-state index contributed by atoms with van der Waals surface area (Å²) in [4.78, 5) is 12.6. The lowest BCUT2D eigenvalue weighted by Crippen LogP contribution is -2.28. The Morgan fingerprint density at radius 1 is 0.857 bits per heavy atom. The number of carbonyl (C=O) groups excluding carboxylic acids is 1. The second-order valence-electron chi connectivity index (χ2n) is 6.40. The highest BCUT2D eigenvalue weighted by atomic mass is 16.1. The minimum absolute atomic E-state index is 0.0879. The van der Waals surface area contributed by atoms with Crippen LogP contribution in [0.15, 0.2) is 84.9 Å². The van der Waals surface area contributed by atoms with Crippen LogP contribution in [0, 0.1) is 0 Å². The van der Waals surface area contributed by atoms with Gasteiger partial charge in [-0.1, -0.05) is 72.8 Å². The highest BCUT2D eigenvalue weighted by Crippen LogP contribution is 2.24. The molecule has 0 aliphatic carbocycles. The van der Waals surface area contributed by atoms with E-state index in [1.54, 1.807) is 12.1 Å². The molecule has 3 aromatic carbocycles. The van der Waals surface area contributed by atoms with Crippen molar-refractivity contribution in [1.82, 2.24) is 25.9 Å². The summed E-state index contributed by atoms with van der Waals surface area (Å²) < 4.78 is 0. The van der Waals surface area contributed by atoms with Crippen LogP contribution >= 0.6 is 0 Å². The summed E-state index contributed by atoms with van der Waals surface area (Å²) in [5.74, 6) is 0.474. The van der Waals surface area contributed by atoms with Gasteiger partial charge in [-0.25, -0.2) is 0 Å². The number of tetrazole rings is 1. The number of carbonyl (C=O) groups is 1. The summed E-state index contributed by atoms with van der Waals surface area (Å²) in [5.41, 5.74) is 3.73. The first-order valence-corrected chi connectivity index (χ1v) is 9.03. The molecule has 0 fully saturated rings. The molecule has 0 saturated heterocycles. The minimum atomic E-state index is -0.114. The summed E-state index contributed by atoms with van der Waals surface area (Å²) in [6.45, 7) is 0.513. The van der Waals surface area contributed by atoms with Gasteiger partial charge in [0.1, 0.15) is 0 Å². The lowest BCUT2D eigenvalue weighted by molar-refractivity contribution is 0.0952. The Kier molecular flexibility index (Phi) is 5.20. The van der Waals surface area contributed by atoms with Crippen LogP contribution in [0.4, 0.5) is 0 Å². The van der Waals surface area contributed by atoms with Crippen molar-refractivity contribution in [2.75, 3.05) is 6.54 Å². The number of aromatic amines is 1. The zero-order valence-corrected chi connectivity index (χ0v) is 15.1. The summed E-state index contributed by atoms with van der Waals surface area (Å²) in [6.07, 6.45) is 0. The summed E-state index contributed by atoms with van der Waals surface area (Å²) in [5, 5.41) is 16.9. The average Bonchev–Trinajstić information content (AvgIpc) is 3.30. The molecule has 0 atom stereocenters. The second-order valence-corrected chi connectivity index (χ2v) is 6.40. The zero-order valence-electron chi connectivity index (χ0n) is 15.1. The summed E-state index contributed by atoms with van der Waals surface area (Å²) >= 11 is 0. The Bertz CT molecular complexity index is 976. The van der Waals surface area contributed by atoms with Crippen LogP contribution in [0.3, 0.4) is 0 Å². The Morgan fingerprint density at radius 2 is 1.46 bits per heavy atom. The molecule has 1 heterocycles. The number of rotatable bonds is 6. The molecule has 0 radical (unpaired) electrons. The number of nitrogens with one attached hydrogen (secondary N) is 2. The van der Waals surface area contributed by atoms with Gasteiger partial charge < -0.3 is 5.32 Å². The molecule has 0 aliphatic rings. The first kappa shape index (κ1) is 17.6. The van der Waals surface area contributed by atoms with Crippen molar-refractivity contribution in [2.45, 2.75) is 5.92 Å². The van der Waals surface area contributed by atoms with Gasteiger partial charge in [0.05, 0.1) is 0 Å². The minimum Gasteiger partial charge on any atom is -0.351 e. The second kappa shape index (κ2) is 8.26. The van der Waals surface area contributed by atoms with Gasteiger partial charge in [-0.05, 0) is 28.5 Å². The maximum absolute atomic E-state index is 12.6. The molecule has 0 unspecified atom stereocenters. The van der Waals surface area contributed by atoms with Crippen molar-refractivity contribution in [2.24, 2.45) is 0 Å². The molecule has 6 nitrogen and oxygen atoms in total. The van der Waals surface area contributed by atoms with Gasteiger partial charge in [-0.2, -0.15) is 5.21 Å². The smallest absolute Gasteiger partial charge is 0.251 e. The van der Waals surface area contributed by atoms with E-state index in [-0.39, 0.29) is 11.8 Å². The normalized spacial score (nSPS) is 10.8. The number of hydrogen-bond acceptors (Lipinski definition) is 4. The van der Waals surface area contributed by atoms with E-state index in [0.717, 1.165) is 5.56 Å². The number of hydrogen-bond donors (Lipinski definition) is 2. The van der Waals surface area contributed by atoms with E-state index in [0.29, 0.717) is 17.9 Å². The monoisotopic (exact) mass is 369 g/mol. The number of nitrogens with zero attached hydrogens (tertiary/aromatic N) is 3. The van der Waals surface area contributed by atoms with Crippen LogP contribution in [-0.2, 0) is 0 Å². The van der Waals surface area contributed by atoms with Crippen molar-refractivity contribution in [3.8, 4) is 11.4 Å². The summed E-state index contributed by atoms with van der Waals surface area (Å²) in [6, 6.07) is 27.6. The lowest BCUT2D eigenvalue weighted by atomic mass is 9.91. The first-order chi connectivity index (χ1) is 13.8. The van der Waals surface area contributed by atoms with E-state index in [1.807, 2.05) is 48.5 Å². The maximum Gasteiger partial charge on any atom is 0.251 e. The topological polar surface area (TPSA) is 83.6 Å². The third-order valence-corrected chi connectivity index (χ3v) is 4.62. The fraction of sp³-hybridized carbons (Fsp3) is 0.0909. The first-order valence-electron chi connectivity index (χ1n) is 9.03. The van der Waals surface area contributed by atoms with Crippen molar-refractivity contribution in [1.29, 1.82) is 0 Å². The van der Waals surface area contributed by atoms with E-state index in [9.17, 15) is 4.79 Å². The van der Waals surface area contributed by atoms with Crippen LogP contribution < -0.4 is 5.32 Å². The van der Waals surface area contributed by atoms with E-state index in [1.165, 1.54) is 11.1 Å². The molecule has 28 heavy (non-hydrogen) atoms. The Balaban J connectivity index is 1.48. The molecule has 1 amide bonds. The van der Waals surface area contributed by atoms with Crippen LogP contribution in [0.1, 0.15) is 27.4 Å². The van der Waals surface area contributed by atoms with E-state index in [4.69, 9.17) is 0 Å². The molecular formula is C22H19N5O. The third kappa shape index (κ3) is 3.96. The fourth-order valence-corrected chi connectivity index (χ4v) is 3.15. The standard InChI is InChI=1S/C22H19N5O/c28-22(19-13-11-18(12-14-19)21-24-26-27-25-21)23-15-20(16-7-3-1-4-8-16)17-9-5-2-6-10-17/h1-14,20H,15H2,(H,23,28)(H,24,25,26,27). The van der Waals surface area contributed by atoms with Crippen LogP contribution in [-0.4, -0.2) is 33.1 Å². The number of aromatic nitrogens is 4. The van der Waals surface area contributed by atoms with Gasteiger partial charge in [0.25, 0.3) is 5.91 Å². The van der Waals surface area contributed by atoms with E-state index >= 15 is 0 Å². The predicted octanol–water partition coefficient (Wildman–Crippen LogP) is 3.43. The molecule has 2 N–H and O–H groups in total. The number of H-pyrrole nitrogens is 1. The highest BCUT2D eigenvalue weighted by molar-refractivity contribution is 5.94. The van der Waals surface area contributed by atoms with E-state index in [2.05, 4.69) is 50.2 Å². The number of amides is 1. The van der Waals surface area contributed by atoms with Crippen molar-refractivity contribution in [3.63, 3.8) is 0 Å². The van der Waals surface area contributed by atoms with E-state index < -0.39 is 0 Å². The molecule has 0 bridgehead atoms. The molecule has 0 saturated carbocycles. The number of benzene rings is 3. The Morgan fingerprint density at radius 3 is 2.00 bits per heavy atom. The molecule has 1 aromatic heterocycles. The molecule has 0 aliphatic heterocycles. The van der Waals surface area contributed by atoms with Gasteiger partial charge in [-0.3, -0.25) is 4.79 Å². The maximum atomic E-state index is 12.6. The largest absolute Gasteiger partial charge is 0.351 e.